The molecule has 2 heterocycles. The molecular formula is C13H11N5S. The quantitative estimate of drug-likeness (QED) is 0.632. The predicted octanol–water partition coefficient (Wildman–Crippen LogP) is 2.72. The van der Waals surface area contributed by atoms with Gasteiger partial charge in [-0.05, 0) is 12.8 Å². The van der Waals surface area contributed by atoms with Gasteiger partial charge in [0.25, 0.3) is 0 Å². The number of pyridine rings is 1. The molecule has 5 nitrogen and oxygen atoms in total. The molecule has 0 unspecified atom stereocenters. The van der Waals surface area contributed by atoms with Crippen LogP contribution in [-0.4, -0.2) is 29.9 Å². The van der Waals surface area contributed by atoms with Gasteiger partial charge in [-0.15, -0.1) is 11.3 Å². The Balaban J connectivity index is 2.54. The fourth-order valence-corrected chi connectivity index (χ4v) is 2.50. The zero-order valence-electron chi connectivity index (χ0n) is 10.4. The van der Waals surface area contributed by atoms with Crippen LogP contribution in [-0.2, 0) is 0 Å². The van der Waals surface area contributed by atoms with Crippen molar-refractivity contribution in [3.05, 3.63) is 29.2 Å². The Hall–Kier alpha value is -2.39. The average Bonchev–Trinajstić information content (AvgIpc) is 2.86. The standard InChI is InChI=1S/C13H11N5S/c1-15-5-3-10(16-2)9(7-14)13-18-11-8-17-6-4-12(11)19-13/h4-6,8H,2-3H2,1H3/b10-9+,15-5?. The van der Waals surface area contributed by atoms with Gasteiger partial charge in [-0.1, -0.05) is 0 Å². The molecule has 2 rings (SSSR count). The molecule has 0 saturated carbocycles. The van der Waals surface area contributed by atoms with Crippen molar-refractivity contribution in [1.29, 1.82) is 5.26 Å². The van der Waals surface area contributed by atoms with Crippen molar-refractivity contribution in [2.75, 3.05) is 7.05 Å². The van der Waals surface area contributed by atoms with E-state index in [1.54, 1.807) is 25.7 Å². The molecule has 0 saturated heterocycles. The SMILES string of the molecule is C=N/C(CC=NC)=C(\C#N)c1nc2cnccc2s1. The minimum Gasteiger partial charge on any atom is -0.300 e. The summed E-state index contributed by atoms with van der Waals surface area (Å²) in [5.41, 5.74) is 1.80. The molecule has 0 aliphatic rings. The summed E-state index contributed by atoms with van der Waals surface area (Å²) in [6.45, 7) is 3.51. The third-order valence-electron chi connectivity index (χ3n) is 2.46. The van der Waals surface area contributed by atoms with E-state index in [2.05, 4.69) is 32.7 Å². The molecule has 0 spiro atoms. The second-order valence-electron chi connectivity index (χ2n) is 3.60. The predicted molar refractivity (Wildman–Crippen MR) is 78.5 cm³/mol. The Bertz CT molecular complexity index is 672. The molecule has 6 heteroatoms. The number of hydrogen-bond donors (Lipinski definition) is 0. The van der Waals surface area contributed by atoms with Crippen LogP contribution in [0.5, 0.6) is 0 Å². The Morgan fingerprint density at radius 2 is 2.47 bits per heavy atom. The minimum absolute atomic E-state index is 0.441. The molecular weight excluding hydrogens is 258 g/mol. The van der Waals surface area contributed by atoms with Crippen LogP contribution in [0.2, 0.25) is 0 Å². The summed E-state index contributed by atoms with van der Waals surface area (Å²) in [4.78, 5) is 16.2. The maximum atomic E-state index is 9.32. The van der Waals surface area contributed by atoms with E-state index in [0.29, 0.717) is 22.7 Å². The van der Waals surface area contributed by atoms with Crippen molar-refractivity contribution in [2.24, 2.45) is 9.98 Å². The van der Waals surface area contributed by atoms with E-state index in [-0.39, 0.29) is 0 Å². The van der Waals surface area contributed by atoms with E-state index in [0.717, 1.165) is 10.2 Å². The van der Waals surface area contributed by atoms with Crippen LogP contribution < -0.4 is 0 Å². The monoisotopic (exact) mass is 269 g/mol. The van der Waals surface area contributed by atoms with Gasteiger partial charge in [0.1, 0.15) is 22.2 Å². The van der Waals surface area contributed by atoms with Gasteiger partial charge >= 0.3 is 0 Å². The van der Waals surface area contributed by atoms with Crippen LogP contribution in [0.1, 0.15) is 11.4 Å². The van der Waals surface area contributed by atoms with Crippen LogP contribution in [0.25, 0.3) is 15.8 Å². The number of thiazole rings is 1. The van der Waals surface area contributed by atoms with Gasteiger partial charge in [0.15, 0.2) is 0 Å². The summed E-state index contributed by atoms with van der Waals surface area (Å²) in [6, 6.07) is 4.03. The fourth-order valence-electron chi connectivity index (χ4n) is 1.55. The van der Waals surface area contributed by atoms with Gasteiger partial charge in [-0.25, -0.2) is 4.98 Å². The van der Waals surface area contributed by atoms with Crippen LogP contribution in [0.15, 0.2) is 34.1 Å². The first-order chi connectivity index (χ1) is 9.30. The summed E-state index contributed by atoms with van der Waals surface area (Å²) in [5, 5.41) is 9.95. The minimum atomic E-state index is 0.441. The molecule has 19 heavy (non-hydrogen) atoms. The lowest BCUT2D eigenvalue weighted by atomic mass is 10.2. The summed E-state index contributed by atoms with van der Waals surface area (Å²) < 4.78 is 0.991. The van der Waals surface area contributed by atoms with Crippen LogP contribution in [0.4, 0.5) is 0 Å². The number of rotatable bonds is 4. The number of nitriles is 1. The van der Waals surface area contributed by atoms with Crippen LogP contribution in [0.3, 0.4) is 0 Å². The Morgan fingerprint density at radius 1 is 1.63 bits per heavy atom. The highest BCUT2D eigenvalue weighted by molar-refractivity contribution is 7.19. The van der Waals surface area contributed by atoms with E-state index >= 15 is 0 Å². The molecule has 0 radical (unpaired) electrons. The lowest BCUT2D eigenvalue weighted by molar-refractivity contribution is 1.22. The Labute approximate surface area is 114 Å². The summed E-state index contributed by atoms with van der Waals surface area (Å²) in [6.07, 6.45) is 5.54. The highest BCUT2D eigenvalue weighted by atomic mass is 32.1. The van der Waals surface area contributed by atoms with Gasteiger partial charge in [-0.3, -0.25) is 9.98 Å². The van der Waals surface area contributed by atoms with E-state index in [1.807, 2.05) is 6.07 Å². The molecule has 0 N–H and O–H groups in total. The van der Waals surface area contributed by atoms with E-state index in [4.69, 9.17) is 0 Å². The summed E-state index contributed by atoms with van der Waals surface area (Å²) >= 11 is 1.44. The molecule has 0 fully saturated rings. The average molecular weight is 269 g/mol. The smallest absolute Gasteiger partial charge is 0.137 e. The number of hydrogen-bond acceptors (Lipinski definition) is 6. The first-order valence-electron chi connectivity index (χ1n) is 5.51. The molecule has 94 valence electrons. The Morgan fingerprint density at radius 3 is 3.11 bits per heavy atom. The molecule has 2 aromatic rings. The molecule has 0 aliphatic carbocycles. The van der Waals surface area contributed by atoms with Crippen molar-refractivity contribution in [3.8, 4) is 6.07 Å². The van der Waals surface area contributed by atoms with Crippen molar-refractivity contribution >= 4 is 40.1 Å². The maximum absolute atomic E-state index is 9.32. The van der Waals surface area contributed by atoms with Gasteiger partial charge in [0.2, 0.25) is 0 Å². The van der Waals surface area contributed by atoms with Gasteiger partial charge in [0.05, 0.1) is 16.6 Å². The summed E-state index contributed by atoms with van der Waals surface area (Å²) in [7, 11) is 1.68. The third kappa shape index (κ3) is 2.72. The zero-order chi connectivity index (χ0) is 13.7. The van der Waals surface area contributed by atoms with E-state index in [9.17, 15) is 5.26 Å². The normalized spacial score (nSPS) is 12.4. The number of aromatic nitrogens is 2. The highest BCUT2D eigenvalue weighted by Gasteiger charge is 2.12. The molecule has 0 atom stereocenters. The lowest BCUT2D eigenvalue weighted by Crippen LogP contribution is -1.89. The van der Waals surface area contributed by atoms with Crippen molar-refractivity contribution in [1.82, 2.24) is 9.97 Å². The molecule has 0 aromatic carbocycles. The van der Waals surface area contributed by atoms with Crippen molar-refractivity contribution < 1.29 is 0 Å². The number of fused-ring (bicyclic) bond motifs is 1. The number of nitrogens with zero attached hydrogens (tertiary/aromatic N) is 5. The second kappa shape index (κ2) is 5.98. The number of allylic oxidation sites excluding steroid dienone is 2. The van der Waals surface area contributed by atoms with E-state index in [1.165, 1.54) is 11.3 Å². The van der Waals surface area contributed by atoms with Crippen LogP contribution in [0, 0.1) is 11.3 Å². The largest absolute Gasteiger partial charge is 0.300 e. The second-order valence-corrected chi connectivity index (χ2v) is 4.63. The van der Waals surface area contributed by atoms with Crippen molar-refractivity contribution in [2.45, 2.75) is 6.42 Å². The van der Waals surface area contributed by atoms with Gasteiger partial charge in [-0.2, -0.15) is 5.26 Å². The first-order valence-corrected chi connectivity index (χ1v) is 6.33. The van der Waals surface area contributed by atoms with Crippen LogP contribution >= 0.6 is 11.3 Å². The fraction of sp³-hybridized carbons (Fsp3) is 0.154. The lowest BCUT2D eigenvalue weighted by Gasteiger charge is -1.99. The summed E-state index contributed by atoms with van der Waals surface area (Å²) in [5.74, 6) is 0. The number of aliphatic imine (C=N–C) groups is 2. The third-order valence-corrected chi connectivity index (χ3v) is 3.52. The molecule has 2 aromatic heterocycles. The molecule has 0 amide bonds. The zero-order valence-corrected chi connectivity index (χ0v) is 11.2. The van der Waals surface area contributed by atoms with E-state index < -0.39 is 0 Å². The first kappa shape index (κ1) is 13.1. The van der Waals surface area contributed by atoms with Gasteiger partial charge in [0, 0.05) is 25.9 Å². The molecule has 0 aliphatic heterocycles. The highest BCUT2D eigenvalue weighted by Crippen LogP contribution is 2.28. The maximum Gasteiger partial charge on any atom is 0.137 e. The topological polar surface area (TPSA) is 74.3 Å². The molecule has 0 bridgehead atoms. The van der Waals surface area contributed by atoms with Gasteiger partial charge < -0.3 is 4.99 Å². The van der Waals surface area contributed by atoms with Crippen molar-refractivity contribution in [3.63, 3.8) is 0 Å². The Kier molecular flexibility index (Phi) is 4.11.